The first-order chi connectivity index (χ1) is 12.5. The van der Waals surface area contributed by atoms with Crippen LogP contribution in [0.4, 0.5) is 11.4 Å². The van der Waals surface area contributed by atoms with Crippen LogP contribution in [0.25, 0.3) is 0 Å². The molecule has 0 fully saturated rings. The fourth-order valence-electron chi connectivity index (χ4n) is 2.14. The maximum Gasteiger partial charge on any atom is 0.269 e. The number of nitrogens with zero attached hydrogens (tertiary/aromatic N) is 2. The molecule has 3 aromatic rings. The molecule has 1 heterocycles. The van der Waals surface area contributed by atoms with Crippen LogP contribution >= 0.6 is 27.7 Å². The van der Waals surface area contributed by atoms with Crippen LogP contribution in [0.2, 0.25) is 0 Å². The summed E-state index contributed by atoms with van der Waals surface area (Å²) in [6.07, 6.45) is 1.70. The van der Waals surface area contributed by atoms with Crippen molar-refractivity contribution in [1.82, 2.24) is 4.98 Å². The minimum absolute atomic E-state index is 0.0275. The first-order valence-corrected chi connectivity index (χ1v) is 9.08. The van der Waals surface area contributed by atoms with Gasteiger partial charge in [-0.15, -0.1) is 0 Å². The lowest BCUT2D eigenvalue weighted by Gasteiger charge is -2.09. The SMILES string of the molecule is O=C(Nc1ccc([N+](=O)[O-])cc1)c1ccccc1Sc1ccc(Br)cn1. The van der Waals surface area contributed by atoms with E-state index in [9.17, 15) is 14.9 Å². The van der Waals surface area contributed by atoms with Crippen LogP contribution in [-0.4, -0.2) is 15.8 Å². The van der Waals surface area contributed by atoms with Crippen molar-refractivity contribution in [3.63, 3.8) is 0 Å². The number of carbonyl (C=O) groups is 1. The van der Waals surface area contributed by atoms with Crippen molar-refractivity contribution in [2.45, 2.75) is 9.92 Å². The van der Waals surface area contributed by atoms with Crippen molar-refractivity contribution < 1.29 is 9.72 Å². The number of aromatic nitrogens is 1. The van der Waals surface area contributed by atoms with Crippen molar-refractivity contribution in [3.05, 3.63) is 87.0 Å². The van der Waals surface area contributed by atoms with E-state index in [2.05, 4.69) is 26.2 Å². The first-order valence-electron chi connectivity index (χ1n) is 7.47. The van der Waals surface area contributed by atoms with Gasteiger partial charge in [0, 0.05) is 33.4 Å². The van der Waals surface area contributed by atoms with Gasteiger partial charge in [-0.1, -0.05) is 23.9 Å². The number of amides is 1. The van der Waals surface area contributed by atoms with Gasteiger partial charge in [-0.3, -0.25) is 14.9 Å². The topological polar surface area (TPSA) is 85.1 Å². The molecule has 0 unspecified atom stereocenters. The number of rotatable bonds is 5. The number of non-ortho nitro benzene ring substituents is 1. The minimum atomic E-state index is -0.483. The molecule has 1 aromatic heterocycles. The van der Waals surface area contributed by atoms with Gasteiger partial charge in [0.25, 0.3) is 11.6 Å². The van der Waals surface area contributed by atoms with E-state index < -0.39 is 4.92 Å². The monoisotopic (exact) mass is 429 g/mol. The summed E-state index contributed by atoms with van der Waals surface area (Å²) in [6, 6.07) is 16.7. The van der Waals surface area contributed by atoms with E-state index >= 15 is 0 Å². The van der Waals surface area contributed by atoms with Gasteiger partial charge in [-0.2, -0.15) is 0 Å². The number of pyridine rings is 1. The van der Waals surface area contributed by atoms with Gasteiger partial charge >= 0.3 is 0 Å². The summed E-state index contributed by atoms with van der Waals surface area (Å²) < 4.78 is 0.881. The molecule has 26 heavy (non-hydrogen) atoms. The Labute approximate surface area is 161 Å². The maximum absolute atomic E-state index is 12.6. The Bertz CT molecular complexity index is 947. The van der Waals surface area contributed by atoms with Gasteiger partial charge < -0.3 is 5.32 Å². The normalized spacial score (nSPS) is 10.3. The largest absolute Gasteiger partial charge is 0.322 e. The molecule has 0 aliphatic rings. The van der Waals surface area contributed by atoms with E-state index in [1.807, 2.05) is 24.3 Å². The lowest BCUT2D eigenvalue weighted by Crippen LogP contribution is -2.12. The summed E-state index contributed by atoms with van der Waals surface area (Å²) in [7, 11) is 0. The summed E-state index contributed by atoms with van der Waals surface area (Å²) in [4.78, 5) is 27.9. The lowest BCUT2D eigenvalue weighted by atomic mass is 10.2. The molecule has 0 aliphatic heterocycles. The Balaban J connectivity index is 1.79. The Morgan fingerprint density at radius 1 is 1.08 bits per heavy atom. The number of hydrogen-bond acceptors (Lipinski definition) is 5. The number of anilines is 1. The number of nitro benzene ring substituents is 1. The van der Waals surface area contributed by atoms with E-state index in [4.69, 9.17) is 0 Å². The Kier molecular flexibility index (Phi) is 5.65. The predicted molar refractivity (Wildman–Crippen MR) is 104 cm³/mol. The van der Waals surface area contributed by atoms with Crippen LogP contribution in [0, 0.1) is 10.1 Å². The number of benzene rings is 2. The van der Waals surface area contributed by atoms with Crippen molar-refractivity contribution in [2.24, 2.45) is 0 Å². The first kappa shape index (κ1) is 18.1. The predicted octanol–water partition coefficient (Wildman–Crippen LogP) is 5.16. The molecular weight excluding hydrogens is 418 g/mol. The molecule has 0 spiro atoms. The third kappa shape index (κ3) is 4.47. The van der Waals surface area contributed by atoms with Crippen molar-refractivity contribution in [3.8, 4) is 0 Å². The Hall–Kier alpha value is -2.71. The highest BCUT2D eigenvalue weighted by atomic mass is 79.9. The summed E-state index contributed by atoms with van der Waals surface area (Å²) in [5.41, 5.74) is 0.961. The number of halogens is 1. The summed E-state index contributed by atoms with van der Waals surface area (Å²) >= 11 is 4.73. The van der Waals surface area contributed by atoms with Gasteiger partial charge in [0.15, 0.2) is 0 Å². The highest BCUT2D eigenvalue weighted by molar-refractivity contribution is 9.10. The summed E-state index contributed by atoms with van der Waals surface area (Å²) in [5, 5.41) is 14.2. The van der Waals surface area contributed by atoms with Crippen LogP contribution in [0.3, 0.4) is 0 Å². The quantitative estimate of drug-likeness (QED) is 0.447. The zero-order valence-corrected chi connectivity index (χ0v) is 15.7. The van der Waals surface area contributed by atoms with Crippen molar-refractivity contribution in [1.29, 1.82) is 0 Å². The summed E-state index contributed by atoms with van der Waals surface area (Å²) in [6.45, 7) is 0. The van der Waals surface area contributed by atoms with E-state index in [-0.39, 0.29) is 11.6 Å². The van der Waals surface area contributed by atoms with Crippen LogP contribution in [0.1, 0.15) is 10.4 Å². The number of carbonyl (C=O) groups excluding carboxylic acids is 1. The Morgan fingerprint density at radius 3 is 2.46 bits per heavy atom. The van der Waals surface area contributed by atoms with Gasteiger partial charge in [0.1, 0.15) is 5.03 Å². The van der Waals surface area contributed by atoms with Crippen molar-refractivity contribution in [2.75, 3.05) is 5.32 Å². The second-order valence-corrected chi connectivity index (χ2v) is 7.15. The molecule has 3 rings (SSSR count). The van der Waals surface area contributed by atoms with Gasteiger partial charge in [0.05, 0.1) is 10.5 Å². The van der Waals surface area contributed by atoms with Gasteiger partial charge in [-0.25, -0.2) is 4.98 Å². The molecule has 0 aliphatic carbocycles. The molecule has 0 saturated carbocycles. The van der Waals surface area contributed by atoms with E-state index in [0.717, 1.165) is 14.4 Å². The zero-order chi connectivity index (χ0) is 18.5. The molecule has 0 radical (unpaired) electrons. The van der Waals surface area contributed by atoms with Crippen LogP contribution in [-0.2, 0) is 0 Å². The molecule has 1 amide bonds. The number of nitrogens with one attached hydrogen (secondary N) is 1. The smallest absolute Gasteiger partial charge is 0.269 e. The highest BCUT2D eigenvalue weighted by Crippen LogP contribution is 2.30. The molecule has 0 atom stereocenters. The van der Waals surface area contributed by atoms with Gasteiger partial charge in [-0.05, 0) is 52.3 Å². The standard InChI is InChI=1S/C18H12BrN3O3S/c19-12-5-10-17(20-11-12)26-16-4-2-1-3-15(16)18(23)21-13-6-8-14(9-7-13)22(24)25/h1-11H,(H,21,23). The molecule has 130 valence electrons. The molecule has 0 bridgehead atoms. The fraction of sp³-hybridized carbons (Fsp3) is 0. The third-order valence-electron chi connectivity index (χ3n) is 3.38. The zero-order valence-electron chi connectivity index (χ0n) is 13.3. The van der Waals surface area contributed by atoms with Crippen LogP contribution in [0.5, 0.6) is 0 Å². The fourth-order valence-corrected chi connectivity index (χ4v) is 3.26. The highest BCUT2D eigenvalue weighted by Gasteiger charge is 2.13. The second kappa shape index (κ2) is 8.11. The minimum Gasteiger partial charge on any atom is -0.322 e. The van der Waals surface area contributed by atoms with Crippen molar-refractivity contribution >= 4 is 45.0 Å². The van der Waals surface area contributed by atoms with Crippen LogP contribution < -0.4 is 5.32 Å². The molecule has 8 heteroatoms. The number of nitro groups is 1. The average molecular weight is 430 g/mol. The van der Waals surface area contributed by atoms with Crippen LogP contribution in [0.15, 0.2) is 81.3 Å². The molecular formula is C18H12BrN3O3S. The number of hydrogen-bond donors (Lipinski definition) is 1. The van der Waals surface area contributed by atoms with Gasteiger partial charge in [0.2, 0.25) is 0 Å². The third-order valence-corrected chi connectivity index (χ3v) is 4.88. The van der Waals surface area contributed by atoms with E-state index in [1.165, 1.54) is 36.0 Å². The maximum atomic E-state index is 12.6. The molecule has 0 saturated heterocycles. The van der Waals surface area contributed by atoms with E-state index in [0.29, 0.717) is 11.3 Å². The lowest BCUT2D eigenvalue weighted by molar-refractivity contribution is -0.384. The average Bonchev–Trinajstić information content (AvgIpc) is 2.64. The second-order valence-electron chi connectivity index (χ2n) is 5.17. The molecule has 6 nitrogen and oxygen atoms in total. The van der Waals surface area contributed by atoms with E-state index in [1.54, 1.807) is 18.3 Å². The molecule has 1 N–H and O–H groups in total. The summed E-state index contributed by atoms with van der Waals surface area (Å²) in [5.74, 6) is -0.293. The molecule has 2 aromatic carbocycles. The Morgan fingerprint density at radius 2 is 1.81 bits per heavy atom.